The normalized spacial score (nSPS) is 17.6. The summed E-state index contributed by atoms with van der Waals surface area (Å²) >= 11 is 0. The van der Waals surface area contributed by atoms with Gasteiger partial charge in [0.2, 0.25) is 0 Å². The predicted molar refractivity (Wildman–Crippen MR) is 53.8 cm³/mol. The Balaban J connectivity index is 2.12. The highest BCUT2D eigenvalue weighted by atomic mass is 16.5. The van der Waals surface area contributed by atoms with Crippen LogP contribution in [0.1, 0.15) is 31.2 Å². The molecule has 1 radical (unpaired) electrons. The molecule has 0 atom stereocenters. The summed E-state index contributed by atoms with van der Waals surface area (Å²) in [5.41, 5.74) is 1.40. The second-order valence-corrected chi connectivity index (χ2v) is 3.54. The summed E-state index contributed by atoms with van der Waals surface area (Å²) in [5, 5.41) is 0. The molecule has 1 fully saturated rings. The van der Waals surface area contributed by atoms with E-state index in [0.717, 1.165) is 5.75 Å². The van der Waals surface area contributed by atoms with Crippen LogP contribution < -0.4 is 4.74 Å². The smallest absolute Gasteiger partial charge is 0.118 e. The van der Waals surface area contributed by atoms with Crippen molar-refractivity contribution in [2.45, 2.75) is 25.7 Å². The Hall–Kier alpha value is -0.980. The Labute approximate surface area is 79.7 Å². The molecule has 1 aliphatic rings. The molecule has 0 unspecified atom stereocenters. The number of methoxy groups -OCH3 is 1. The van der Waals surface area contributed by atoms with Gasteiger partial charge in [-0.2, -0.15) is 0 Å². The highest BCUT2D eigenvalue weighted by Gasteiger charge is 2.17. The zero-order valence-electron chi connectivity index (χ0n) is 8.05. The second-order valence-electron chi connectivity index (χ2n) is 3.54. The highest BCUT2D eigenvalue weighted by molar-refractivity contribution is 5.36. The Kier molecular flexibility index (Phi) is 2.53. The molecule has 2 rings (SSSR count). The van der Waals surface area contributed by atoms with Gasteiger partial charge in [0.15, 0.2) is 0 Å². The topological polar surface area (TPSA) is 9.23 Å². The molecule has 1 nitrogen and oxygen atoms in total. The van der Waals surface area contributed by atoms with Crippen molar-refractivity contribution < 1.29 is 4.74 Å². The molecule has 0 saturated heterocycles. The molecule has 0 heterocycles. The minimum atomic E-state index is 0.947. The van der Waals surface area contributed by atoms with Crippen molar-refractivity contribution in [3.05, 3.63) is 35.7 Å². The van der Waals surface area contributed by atoms with Crippen LogP contribution in [0.5, 0.6) is 5.75 Å². The minimum absolute atomic E-state index is 0.947. The number of hydrogen-bond donors (Lipinski definition) is 0. The van der Waals surface area contributed by atoms with Gasteiger partial charge in [0.25, 0.3) is 0 Å². The first kappa shape index (κ1) is 8.61. The van der Waals surface area contributed by atoms with Crippen molar-refractivity contribution in [2.24, 2.45) is 0 Å². The van der Waals surface area contributed by atoms with Crippen LogP contribution in [0.4, 0.5) is 0 Å². The molecule has 1 aromatic rings. The maximum Gasteiger partial charge on any atom is 0.118 e. The molecule has 0 aromatic heterocycles. The average molecular weight is 175 g/mol. The summed E-state index contributed by atoms with van der Waals surface area (Å²) in [6.45, 7) is 0. The zero-order valence-corrected chi connectivity index (χ0v) is 8.05. The van der Waals surface area contributed by atoms with Gasteiger partial charge in [-0.3, -0.25) is 0 Å². The van der Waals surface area contributed by atoms with E-state index in [2.05, 4.69) is 12.1 Å². The molecule has 1 heteroatoms. The lowest BCUT2D eigenvalue weighted by Gasteiger charge is -2.08. The SMILES string of the molecule is COc1ccc([C]2CCCC2)cc1. The molecule has 13 heavy (non-hydrogen) atoms. The third-order valence-electron chi connectivity index (χ3n) is 2.71. The number of rotatable bonds is 2. The summed E-state index contributed by atoms with van der Waals surface area (Å²) in [6, 6.07) is 8.42. The fourth-order valence-electron chi connectivity index (χ4n) is 1.92. The van der Waals surface area contributed by atoms with Gasteiger partial charge in [-0.1, -0.05) is 25.0 Å². The van der Waals surface area contributed by atoms with Gasteiger partial charge in [0.1, 0.15) is 5.75 Å². The van der Waals surface area contributed by atoms with Crippen LogP contribution in [-0.2, 0) is 0 Å². The molecule has 0 bridgehead atoms. The molecule has 1 saturated carbocycles. The number of hydrogen-bond acceptors (Lipinski definition) is 1. The predicted octanol–water partition coefficient (Wildman–Crippen LogP) is 3.19. The fraction of sp³-hybridized carbons (Fsp3) is 0.417. The van der Waals surface area contributed by atoms with Crippen LogP contribution in [0.25, 0.3) is 0 Å². The van der Waals surface area contributed by atoms with Crippen LogP contribution >= 0.6 is 0 Å². The van der Waals surface area contributed by atoms with Crippen molar-refractivity contribution in [3.8, 4) is 5.75 Å². The second kappa shape index (κ2) is 3.82. The highest BCUT2D eigenvalue weighted by Crippen LogP contribution is 2.33. The first-order chi connectivity index (χ1) is 6.40. The van der Waals surface area contributed by atoms with Gasteiger partial charge in [0, 0.05) is 5.92 Å². The molecule has 0 spiro atoms. The van der Waals surface area contributed by atoms with Crippen molar-refractivity contribution in [3.63, 3.8) is 0 Å². The van der Waals surface area contributed by atoms with Crippen LogP contribution in [-0.4, -0.2) is 7.11 Å². The van der Waals surface area contributed by atoms with E-state index in [1.54, 1.807) is 13.0 Å². The van der Waals surface area contributed by atoms with Gasteiger partial charge in [0.05, 0.1) is 7.11 Å². The van der Waals surface area contributed by atoms with Crippen LogP contribution in [0, 0.1) is 5.92 Å². The molecule has 0 aliphatic heterocycles. The first-order valence-electron chi connectivity index (χ1n) is 4.89. The van der Waals surface area contributed by atoms with Gasteiger partial charge in [-0.25, -0.2) is 0 Å². The van der Waals surface area contributed by atoms with Crippen LogP contribution in [0.15, 0.2) is 24.3 Å². The third kappa shape index (κ3) is 1.85. The lowest BCUT2D eigenvalue weighted by atomic mass is 9.98. The molecule has 1 aromatic carbocycles. The third-order valence-corrected chi connectivity index (χ3v) is 2.71. The standard InChI is InChI=1S/C12H15O/c1-13-12-8-6-11(7-9-12)10-4-2-3-5-10/h6-9H,2-5H2,1H3. The Morgan fingerprint density at radius 1 is 1.00 bits per heavy atom. The van der Waals surface area contributed by atoms with E-state index >= 15 is 0 Å². The zero-order chi connectivity index (χ0) is 9.10. The quantitative estimate of drug-likeness (QED) is 0.670. The molecule has 1 aliphatic carbocycles. The summed E-state index contributed by atoms with van der Waals surface area (Å²) in [6.07, 6.45) is 5.29. The molecule has 69 valence electrons. The Bertz CT molecular complexity index is 257. The van der Waals surface area contributed by atoms with Gasteiger partial charge in [-0.15, -0.1) is 0 Å². The van der Waals surface area contributed by atoms with E-state index in [0.29, 0.717) is 0 Å². The lowest BCUT2D eigenvalue weighted by molar-refractivity contribution is 0.414. The van der Waals surface area contributed by atoms with E-state index in [-0.39, 0.29) is 0 Å². The monoisotopic (exact) mass is 175 g/mol. The van der Waals surface area contributed by atoms with Gasteiger partial charge < -0.3 is 4.74 Å². The summed E-state index contributed by atoms with van der Waals surface area (Å²) in [5.74, 6) is 2.56. The molecule has 0 amide bonds. The maximum absolute atomic E-state index is 5.12. The van der Waals surface area contributed by atoms with Crippen LogP contribution in [0.2, 0.25) is 0 Å². The van der Waals surface area contributed by atoms with Crippen molar-refractivity contribution in [2.75, 3.05) is 7.11 Å². The van der Waals surface area contributed by atoms with Crippen molar-refractivity contribution in [1.29, 1.82) is 0 Å². The number of ether oxygens (including phenoxy) is 1. The Morgan fingerprint density at radius 2 is 1.62 bits per heavy atom. The van der Waals surface area contributed by atoms with E-state index in [9.17, 15) is 0 Å². The van der Waals surface area contributed by atoms with Crippen molar-refractivity contribution in [1.82, 2.24) is 0 Å². The van der Waals surface area contributed by atoms with Gasteiger partial charge in [-0.05, 0) is 30.5 Å². The van der Waals surface area contributed by atoms with E-state index in [1.807, 2.05) is 12.1 Å². The summed E-state index contributed by atoms with van der Waals surface area (Å²) in [7, 11) is 1.71. The Morgan fingerprint density at radius 3 is 2.15 bits per heavy atom. The lowest BCUT2D eigenvalue weighted by Crippen LogP contribution is -1.92. The molecular formula is C12H15O. The maximum atomic E-state index is 5.12. The number of benzene rings is 1. The molecular weight excluding hydrogens is 160 g/mol. The van der Waals surface area contributed by atoms with E-state index in [1.165, 1.54) is 31.2 Å². The summed E-state index contributed by atoms with van der Waals surface area (Å²) in [4.78, 5) is 0. The van der Waals surface area contributed by atoms with E-state index in [4.69, 9.17) is 4.74 Å². The minimum Gasteiger partial charge on any atom is -0.497 e. The fourth-order valence-corrected chi connectivity index (χ4v) is 1.92. The average Bonchev–Trinajstić information content (AvgIpc) is 2.71. The van der Waals surface area contributed by atoms with Crippen molar-refractivity contribution >= 4 is 0 Å². The first-order valence-corrected chi connectivity index (χ1v) is 4.89. The van der Waals surface area contributed by atoms with Crippen LogP contribution in [0.3, 0.4) is 0 Å². The largest absolute Gasteiger partial charge is 0.497 e. The molecule has 0 N–H and O–H groups in total. The van der Waals surface area contributed by atoms with Gasteiger partial charge >= 0.3 is 0 Å². The summed E-state index contributed by atoms with van der Waals surface area (Å²) < 4.78 is 5.12. The van der Waals surface area contributed by atoms with E-state index < -0.39 is 0 Å².